The fraction of sp³-hybridized carbons (Fsp3) is 0.261. The Morgan fingerprint density at radius 2 is 1.87 bits per heavy atom. The van der Waals surface area contributed by atoms with E-state index in [1.807, 2.05) is 48.5 Å². The predicted molar refractivity (Wildman–Crippen MR) is 127 cm³/mol. The number of rotatable bonds is 8. The Bertz CT molecular complexity index is 1240. The van der Waals surface area contributed by atoms with Gasteiger partial charge in [0, 0.05) is 17.5 Å². The van der Waals surface area contributed by atoms with Gasteiger partial charge in [-0.25, -0.2) is 4.68 Å². The third kappa shape index (κ3) is 5.14. The van der Waals surface area contributed by atoms with Crippen LogP contribution in [0.4, 0.5) is 0 Å². The molecule has 4 aromatic rings. The Morgan fingerprint density at radius 3 is 2.61 bits per heavy atom. The van der Waals surface area contributed by atoms with Crippen LogP contribution >= 0.6 is 35.0 Å². The average molecular weight is 473 g/mol. The molecule has 0 aliphatic heterocycles. The second kappa shape index (κ2) is 9.90. The van der Waals surface area contributed by atoms with Gasteiger partial charge in [0.05, 0.1) is 15.6 Å². The molecule has 160 valence electrons. The Morgan fingerprint density at radius 1 is 1.06 bits per heavy atom. The lowest BCUT2D eigenvalue weighted by Gasteiger charge is -2.17. The first-order valence-electron chi connectivity index (χ1n) is 10.2. The zero-order chi connectivity index (χ0) is 21.8. The predicted octanol–water partition coefficient (Wildman–Crippen LogP) is 6.55. The van der Waals surface area contributed by atoms with Crippen LogP contribution in [0.5, 0.6) is 0 Å². The number of aryl methyl sites for hydroxylation is 1. The minimum absolute atomic E-state index is 0.142. The molecule has 0 radical (unpaired) electrons. The number of benzene rings is 2. The van der Waals surface area contributed by atoms with E-state index in [1.54, 1.807) is 6.07 Å². The second-order valence-corrected chi connectivity index (χ2v) is 9.24. The molecule has 0 spiro atoms. The fourth-order valence-electron chi connectivity index (χ4n) is 3.60. The van der Waals surface area contributed by atoms with Gasteiger partial charge in [-0.15, -0.1) is 0 Å². The van der Waals surface area contributed by atoms with Crippen LogP contribution in [-0.4, -0.2) is 20.0 Å². The molecule has 2 heterocycles. The van der Waals surface area contributed by atoms with Crippen molar-refractivity contribution in [2.75, 3.05) is 0 Å². The Labute approximate surface area is 194 Å². The van der Waals surface area contributed by atoms with Crippen LogP contribution in [0, 0.1) is 0 Å². The Hall–Kier alpha value is -2.28. The molecule has 0 fully saturated rings. The van der Waals surface area contributed by atoms with E-state index in [9.17, 15) is 4.79 Å². The number of hydrogen-bond acceptors (Lipinski definition) is 4. The largest absolute Gasteiger partial charge is 0.275 e. The van der Waals surface area contributed by atoms with Crippen molar-refractivity contribution < 1.29 is 0 Å². The first-order valence-corrected chi connectivity index (χ1v) is 11.8. The van der Waals surface area contributed by atoms with Gasteiger partial charge < -0.3 is 0 Å². The molecule has 0 saturated carbocycles. The normalized spacial score (nSPS) is 12.4. The first-order chi connectivity index (χ1) is 15.0. The summed E-state index contributed by atoms with van der Waals surface area (Å²) in [6.07, 6.45) is 2.81. The van der Waals surface area contributed by atoms with E-state index in [0.29, 0.717) is 27.6 Å². The number of fused-ring (bicyclic) bond motifs is 1. The highest BCUT2D eigenvalue weighted by molar-refractivity contribution is 7.99. The maximum atomic E-state index is 12.6. The Balaban J connectivity index is 1.58. The van der Waals surface area contributed by atoms with Crippen molar-refractivity contribution in [1.82, 2.24) is 20.0 Å². The fourth-order valence-corrected chi connectivity index (χ4v) is 4.76. The zero-order valence-electron chi connectivity index (χ0n) is 17.0. The lowest BCUT2D eigenvalue weighted by molar-refractivity contribution is 0.478. The number of hydrogen-bond donors (Lipinski definition) is 1. The van der Waals surface area contributed by atoms with Gasteiger partial charge in [-0.1, -0.05) is 72.6 Å². The molecular weight excluding hydrogens is 451 g/mol. The molecule has 1 unspecified atom stereocenters. The SMILES string of the molecule is CCCC(CCn1nc2c(Sc3ccccc3)n[nH]c2cc1=O)c1ccc(Cl)c(Cl)c1. The van der Waals surface area contributed by atoms with Crippen LogP contribution in [0.25, 0.3) is 11.0 Å². The van der Waals surface area contributed by atoms with E-state index in [0.717, 1.165) is 34.7 Å². The van der Waals surface area contributed by atoms with Crippen molar-refractivity contribution in [3.63, 3.8) is 0 Å². The van der Waals surface area contributed by atoms with Gasteiger partial charge in [0.2, 0.25) is 0 Å². The highest BCUT2D eigenvalue weighted by Gasteiger charge is 2.15. The Kier molecular flexibility index (Phi) is 7.00. The minimum Gasteiger partial charge on any atom is -0.275 e. The molecule has 1 N–H and O–H groups in total. The number of halogens is 2. The van der Waals surface area contributed by atoms with E-state index in [2.05, 4.69) is 22.2 Å². The maximum absolute atomic E-state index is 12.6. The van der Waals surface area contributed by atoms with Crippen LogP contribution in [0.2, 0.25) is 10.0 Å². The number of nitrogens with one attached hydrogen (secondary N) is 1. The topological polar surface area (TPSA) is 63.6 Å². The van der Waals surface area contributed by atoms with Crippen LogP contribution in [0.1, 0.15) is 37.7 Å². The quantitative estimate of drug-likeness (QED) is 0.315. The minimum atomic E-state index is -0.142. The third-order valence-electron chi connectivity index (χ3n) is 5.18. The van der Waals surface area contributed by atoms with Gasteiger partial charge >= 0.3 is 0 Å². The van der Waals surface area contributed by atoms with E-state index < -0.39 is 0 Å². The molecule has 0 amide bonds. The van der Waals surface area contributed by atoms with Crippen LogP contribution in [0.3, 0.4) is 0 Å². The van der Waals surface area contributed by atoms with Gasteiger partial charge in [-0.05, 0) is 48.6 Å². The van der Waals surface area contributed by atoms with Crippen LogP contribution < -0.4 is 5.56 Å². The number of aromatic amines is 1. The summed E-state index contributed by atoms with van der Waals surface area (Å²) >= 11 is 13.8. The summed E-state index contributed by atoms with van der Waals surface area (Å²) in [5.74, 6) is 0.270. The van der Waals surface area contributed by atoms with Gasteiger partial charge in [-0.3, -0.25) is 9.89 Å². The number of H-pyrrole nitrogens is 1. The molecular formula is C23H22Cl2N4OS. The number of aromatic nitrogens is 4. The maximum Gasteiger partial charge on any atom is 0.268 e. The molecule has 8 heteroatoms. The zero-order valence-corrected chi connectivity index (χ0v) is 19.3. The van der Waals surface area contributed by atoms with E-state index in [1.165, 1.54) is 16.4 Å². The van der Waals surface area contributed by atoms with Crippen molar-refractivity contribution in [2.24, 2.45) is 0 Å². The molecule has 0 bridgehead atoms. The highest BCUT2D eigenvalue weighted by atomic mass is 35.5. The van der Waals surface area contributed by atoms with Crippen molar-refractivity contribution in [1.29, 1.82) is 0 Å². The summed E-state index contributed by atoms with van der Waals surface area (Å²) in [6, 6.07) is 17.3. The molecule has 0 aliphatic rings. The lowest BCUT2D eigenvalue weighted by atomic mass is 9.91. The van der Waals surface area contributed by atoms with Gasteiger partial charge in [0.15, 0.2) is 5.03 Å². The van der Waals surface area contributed by atoms with Crippen molar-refractivity contribution in [3.05, 3.63) is 80.6 Å². The summed E-state index contributed by atoms with van der Waals surface area (Å²) in [5.41, 5.74) is 2.34. The van der Waals surface area contributed by atoms with Gasteiger partial charge in [-0.2, -0.15) is 10.2 Å². The first kappa shape index (κ1) is 21.9. The lowest BCUT2D eigenvalue weighted by Crippen LogP contribution is -2.23. The van der Waals surface area contributed by atoms with E-state index in [-0.39, 0.29) is 11.5 Å². The van der Waals surface area contributed by atoms with Crippen molar-refractivity contribution in [2.45, 2.75) is 48.6 Å². The molecule has 4 rings (SSSR count). The summed E-state index contributed by atoms with van der Waals surface area (Å²) in [7, 11) is 0. The summed E-state index contributed by atoms with van der Waals surface area (Å²) < 4.78 is 1.53. The molecule has 2 aromatic heterocycles. The smallest absolute Gasteiger partial charge is 0.268 e. The summed E-state index contributed by atoms with van der Waals surface area (Å²) in [5, 5.41) is 13.8. The van der Waals surface area contributed by atoms with Crippen molar-refractivity contribution in [3.8, 4) is 0 Å². The molecule has 31 heavy (non-hydrogen) atoms. The molecule has 2 aromatic carbocycles. The summed E-state index contributed by atoms with van der Waals surface area (Å²) in [6.45, 7) is 2.67. The molecule has 0 aliphatic carbocycles. The monoisotopic (exact) mass is 472 g/mol. The van der Waals surface area contributed by atoms with E-state index in [4.69, 9.17) is 23.2 Å². The van der Waals surface area contributed by atoms with Crippen LogP contribution in [-0.2, 0) is 6.54 Å². The standard InChI is InChI=1S/C23H22Cl2N4OS/c1-2-6-15(16-9-10-18(24)19(25)13-16)11-12-29-21(30)14-20-22(28-29)23(27-26-20)31-17-7-4-3-5-8-17/h3-5,7-10,13-15,26H,2,6,11-12H2,1H3. The van der Waals surface area contributed by atoms with Crippen molar-refractivity contribution >= 4 is 46.0 Å². The highest BCUT2D eigenvalue weighted by Crippen LogP contribution is 2.32. The van der Waals surface area contributed by atoms with Gasteiger partial charge in [0.1, 0.15) is 5.52 Å². The van der Waals surface area contributed by atoms with Crippen LogP contribution in [0.15, 0.2) is 69.3 Å². The second-order valence-electron chi connectivity index (χ2n) is 7.36. The third-order valence-corrected chi connectivity index (χ3v) is 6.90. The molecule has 5 nitrogen and oxygen atoms in total. The molecule has 0 saturated heterocycles. The van der Waals surface area contributed by atoms with E-state index >= 15 is 0 Å². The summed E-state index contributed by atoms with van der Waals surface area (Å²) in [4.78, 5) is 13.7. The average Bonchev–Trinajstić information content (AvgIpc) is 3.15. The number of nitrogens with zero attached hydrogens (tertiary/aromatic N) is 3. The van der Waals surface area contributed by atoms with Gasteiger partial charge in [0.25, 0.3) is 5.56 Å². The molecule has 1 atom stereocenters.